The van der Waals surface area contributed by atoms with Crippen LogP contribution in [0.4, 0.5) is 0 Å². The second-order valence-electron chi connectivity index (χ2n) is 6.05. The van der Waals surface area contributed by atoms with Crippen molar-refractivity contribution in [1.29, 1.82) is 0 Å². The molecule has 0 aliphatic heterocycles. The molecule has 5 nitrogen and oxygen atoms in total. The molecule has 1 aliphatic rings. The molecule has 0 atom stereocenters. The Bertz CT molecular complexity index is 677. The molecule has 24 heavy (non-hydrogen) atoms. The lowest BCUT2D eigenvalue weighted by Gasteiger charge is -2.11. The lowest BCUT2D eigenvalue weighted by atomic mass is 10.3. The predicted octanol–water partition coefficient (Wildman–Crippen LogP) is 3.11. The van der Waals surface area contributed by atoms with Gasteiger partial charge in [0.05, 0.1) is 13.2 Å². The van der Waals surface area contributed by atoms with Crippen LogP contribution in [0.3, 0.4) is 0 Å². The highest BCUT2D eigenvalue weighted by Gasteiger charge is 2.21. The zero-order valence-electron chi connectivity index (χ0n) is 14.2. The molecule has 6 heteroatoms. The molecule has 1 aliphatic carbocycles. The van der Waals surface area contributed by atoms with Gasteiger partial charge in [-0.05, 0) is 43.4 Å². The van der Waals surface area contributed by atoms with E-state index in [1.165, 1.54) is 22.6 Å². The Hall–Kier alpha value is -2.08. The van der Waals surface area contributed by atoms with Gasteiger partial charge < -0.3 is 15.4 Å². The minimum absolute atomic E-state index is 0.680. The first-order chi connectivity index (χ1) is 11.7. The van der Waals surface area contributed by atoms with E-state index < -0.39 is 0 Å². The molecule has 2 heterocycles. The summed E-state index contributed by atoms with van der Waals surface area (Å²) in [5.41, 5.74) is 1.10. The van der Waals surface area contributed by atoms with E-state index in [1.54, 1.807) is 18.4 Å². The van der Waals surface area contributed by atoms with Crippen LogP contribution in [-0.2, 0) is 13.1 Å². The molecular formula is C18H24N4OS. The van der Waals surface area contributed by atoms with E-state index in [9.17, 15) is 0 Å². The van der Waals surface area contributed by atoms with Crippen molar-refractivity contribution in [3.05, 3.63) is 45.8 Å². The van der Waals surface area contributed by atoms with Crippen LogP contribution in [0.15, 0.2) is 35.5 Å². The van der Waals surface area contributed by atoms with Gasteiger partial charge >= 0.3 is 0 Å². The Balaban J connectivity index is 1.42. The zero-order valence-corrected chi connectivity index (χ0v) is 15.0. The maximum absolute atomic E-state index is 5.65. The maximum atomic E-state index is 5.65. The number of ether oxygens (including phenoxy) is 1. The third-order valence-electron chi connectivity index (χ3n) is 3.87. The van der Waals surface area contributed by atoms with Gasteiger partial charge in [0.1, 0.15) is 0 Å². The van der Waals surface area contributed by atoms with E-state index in [0.717, 1.165) is 30.6 Å². The van der Waals surface area contributed by atoms with Crippen LogP contribution in [0.2, 0.25) is 0 Å². The van der Waals surface area contributed by atoms with Gasteiger partial charge in [0.2, 0.25) is 5.88 Å². The van der Waals surface area contributed by atoms with Crippen LogP contribution in [-0.4, -0.2) is 24.6 Å². The van der Waals surface area contributed by atoms with Crippen molar-refractivity contribution in [2.24, 2.45) is 10.9 Å². The van der Waals surface area contributed by atoms with Crippen molar-refractivity contribution >= 4 is 17.3 Å². The average Bonchev–Trinajstić information content (AvgIpc) is 3.34. The Labute approximate surface area is 147 Å². The fourth-order valence-corrected chi connectivity index (χ4v) is 3.08. The van der Waals surface area contributed by atoms with Gasteiger partial charge in [0.25, 0.3) is 0 Å². The SMILES string of the molecule is CN=C(NCc1ccc(OCC2CC2)nc1)NCc1ccc(C)s1. The molecular weight excluding hydrogens is 320 g/mol. The Kier molecular flexibility index (Phi) is 5.69. The Morgan fingerprint density at radius 2 is 2.08 bits per heavy atom. The molecule has 2 aromatic heterocycles. The number of hydrogen-bond donors (Lipinski definition) is 2. The monoisotopic (exact) mass is 344 g/mol. The number of aliphatic imine (C=N–C) groups is 1. The summed E-state index contributed by atoms with van der Waals surface area (Å²) >= 11 is 1.80. The van der Waals surface area contributed by atoms with E-state index in [1.807, 2.05) is 18.3 Å². The van der Waals surface area contributed by atoms with Gasteiger partial charge in [-0.1, -0.05) is 6.07 Å². The fourth-order valence-electron chi connectivity index (χ4n) is 2.25. The quantitative estimate of drug-likeness (QED) is 0.598. The van der Waals surface area contributed by atoms with Crippen LogP contribution < -0.4 is 15.4 Å². The van der Waals surface area contributed by atoms with Gasteiger partial charge in [0, 0.05) is 35.6 Å². The fraction of sp³-hybridized carbons (Fsp3) is 0.444. The number of hydrogen-bond acceptors (Lipinski definition) is 4. The molecule has 1 saturated carbocycles. The first-order valence-electron chi connectivity index (χ1n) is 8.30. The van der Waals surface area contributed by atoms with Crippen molar-refractivity contribution in [3.63, 3.8) is 0 Å². The Morgan fingerprint density at radius 1 is 1.25 bits per heavy atom. The van der Waals surface area contributed by atoms with Crippen LogP contribution in [0.5, 0.6) is 5.88 Å². The number of thiophene rings is 1. The molecule has 0 unspecified atom stereocenters. The van der Waals surface area contributed by atoms with Gasteiger partial charge in [-0.15, -0.1) is 11.3 Å². The molecule has 0 aromatic carbocycles. The molecule has 2 N–H and O–H groups in total. The smallest absolute Gasteiger partial charge is 0.213 e. The van der Waals surface area contributed by atoms with Gasteiger partial charge in [-0.2, -0.15) is 0 Å². The normalized spacial score (nSPS) is 14.5. The minimum Gasteiger partial charge on any atom is -0.477 e. The van der Waals surface area contributed by atoms with Crippen molar-refractivity contribution in [2.45, 2.75) is 32.9 Å². The topological polar surface area (TPSA) is 58.5 Å². The molecule has 0 radical (unpaired) electrons. The number of aryl methyl sites for hydroxylation is 1. The largest absolute Gasteiger partial charge is 0.477 e. The maximum Gasteiger partial charge on any atom is 0.213 e. The summed E-state index contributed by atoms with van der Waals surface area (Å²) in [5.74, 6) is 2.24. The number of rotatable bonds is 7. The summed E-state index contributed by atoms with van der Waals surface area (Å²) in [4.78, 5) is 11.2. The summed E-state index contributed by atoms with van der Waals surface area (Å²) in [5, 5.41) is 6.63. The zero-order chi connectivity index (χ0) is 16.8. The molecule has 0 saturated heterocycles. The molecule has 2 aromatic rings. The van der Waals surface area contributed by atoms with Crippen LogP contribution >= 0.6 is 11.3 Å². The second-order valence-corrected chi connectivity index (χ2v) is 7.42. The van der Waals surface area contributed by atoms with E-state index in [0.29, 0.717) is 12.4 Å². The lowest BCUT2D eigenvalue weighted by Crippen LogP contribution is -2.36. The number of nitrogens with zero attached hydrogens (tertiary/aromatic N) is 2. The van der Waals surface area contributed by atoms with E-state index in [4.69, 9.17) is 4.74 Å². The highest BCUT2D eigenvalue weighted by Crippen LogP contribution is 2.29. The van der Waals surface area contributed by atoms with Crippen molar-refractivity contribution < 1.29 is 4.74 Å². The molecule has 128 valence electrons. The van der Waals surface area contributed by atoms with Crippen LogP contribution in [0, 0.1) is 12.8 Å². The summed E-state index contributed by atoms with van der Waals surface area (Å²) < 4.78 is 5.65. The standard InChI is InChI=1S/C18H24N4OS/c1-13-3-7-16(24-13)11-22-18(19-2)21-10-15-6-8-17(20-9-15)23-12-14-4-5-14/h3,6-9,14H,4-5,10-12H2,1-2H3,(H2,19,21,22). The highest BCUT2D eigenvalue weighted by atomic mass is 32.1. The number of aromatic nitrogens is 1. The third kappa shape index (κ3) is 5.23. The van der Waals surface area contributed by atoms with Gasteiger partial charge in [0.15, 0.2) is 5.96 Å². The van der Waals surface area contributed by atoms with E-state index in [2.05, 4.69) is 39.7 Å². The van der Waals surface area contributed by atoms with Gasteiger partial charge in [-0.25, -0.2) is 4.98 Å². The molecule has 3 rings (SSSR count). The predicted molar refractivity (Wildman–Crippen MR) is 98.6 cm³/mol. The molecule has 0 amide bonds. The summed E-state index contributed by atoms with van der Waals surface area (Å²) in [6, 6.07) is 8.25. The van der Waals surface area contributed by atoms with Crippen molar-refractivity contribution in [3.8, 4) is 5.88 Å². The summed E-state index contributed by atoms with van der Waals surface area (Å²) in [7, 11) is 1.78. The van der Waals surface area contributed by atoms with Crippen LogP contribution in [0.1, 0.15) is 28.2 Å². The third-order valence-corrected chi connectivity index (χ3v) is 4.87. The highest BCUT2D eigenvalue weighted by molar-refractivity contribution is 7.11. The first kappa shape index (κ1) is 16.8. The number of nitrogens with one attached hydrogen (secondary N) is 2. The van der Waals surface area contributed by atoms with Crippen LogP contribution in [0.25, 0.3) is 0 Å². The first-order valence-corrected chi connectivity index (χ1v) is 9.12. The van der Waals surface area contributed by atoms with Crippen molar-refractivity contribution in [1.82, 2.24) is 15.6 Å². The van der Waals surface area contributed by atoms with Gasteiger partial charge in [-0.3, -0.25) is 4.99 Å². The lowest BCUT2D eigenvalue weighted by molar-refractivity contribution is 0.288. The molecule has 0 spiro atoms. The van der Waals surface area contributed by atoms with Crippen molar-refractivity contribution in [2.75, 3.05) is 13.7 Å². The summed E-state index contributed by atoms with van der Waals surface area (Å²) in [6.07, 6.45) is 4.43. The second kappa shape index (κ2) is 8.15. The average molecular weight is 344 g/mol. The summed E-state index contributed by atoms with van der Waals surface area (Å²) in [6.45, 7) is 4.37. The molecule has 0 bridgehead atoms. The van der Waals surface area contributed by atoms with E-state index >= 15 is 0 Å². The van der Waals surface area contributed by atoms with E-state index in [-0.39, 0.29) is 0 Å². The minimum atomic E-state index is 0.680. The number of pyridine rings is 1. The molecule has 1 fully saturated rings. The Morgan fingerprint density at radius 3 is 2.71 bits per heavy atom. The number of guanidine groups is 1.